The second kappa shape index (κ2) is 6.35. The number of hydrogen-bond donors (Lipinski definition) is 1. The highest BCUT2D eigenvalue weighted by Gasteiger charge is 2.18. The third-order valence-electron chi connectivity index (χ3n) is 2.84. The van der Waals surface area contributed by atoms with Gasteiger partial charge in [-0.15, -0.1) is 0 Å². The first-order valence-electron chi connectivity index (χ1n) is 6.29. The molecule has 98 valence electrons. The highest BCUT2D eigenvalue weighted by Crippen LogP contribution is 2.17. The number of nitrogens with one attached hydrogen (secondary N) is 1. The van der Waals surface area contributed by atoms with Gasteiger partial charge >= 0.3 is 5.97 Å². The average Bonchev–Trinajstić information content (AvgIpc) is 2.90. The van der Waals surface area contributed by atoms with Crippen LogP contribution in [0.5, 0.6) is 5.75 Å². The Morgan fingerprint density at radius 2 is 2.50 bits per heavy atom. The predicted molar refractivity (Wildman–Crippen MR) is 66.7 cm³/mol. The molecule has 5 heteroatoms. The Morgan fingerprint density at radius 1 is 1.61 bits per heavy atom. The summed E-state index contributed by atoms with van der Waals surface area (Å²) in [4.78, 5) is 15.7. The van der Waals surface area contributed by atoms with Gasteiger partial charge < -0.3 is 14.8 Å². The van der Waals surface area contributed by atoms with E-state index in [1.807, 2.05) is 0 Å². The zero-order chi connectivity index (χ0) is 12.8. The maximum atomic E-state index is 11.7. The van der Waals surface area contributed by atoms with Crippen molar-refractivity contribution in [1.82, 2.24) is 10.3 Å². The molecular formula is C13H18N2O3. The molecule has 1 N–H and O–H groups in total. The van der Waals surface area contributed by atoms with Gasteiger partial charge in [0.05, 0.1) is 6.61 Å². The van der Waals surface area contributed by atoms with Gasteiger partial charge in [-0.2, -0.15) is 0 Å². The fourth-order valence-corrected chi connectivity index (χ4v) is 1.95. The smallest absolute Gasteiger partial charge is 0.360 e. The topological polar surface area (TPSA) is 60.5 Å². The highest BCUT2D eigenvalue weighted by molar-refractivity contribution is 5.90. The predicted octanol–water partition coefficient (Wildman–Crippen LogP) is 1.39. The van der Waals surface area contributed by atoms with Crippen LogP contribution >= 0.6 is 0 Å². The van der Waals surface area contributed by atoms with Crippen molar-refractivity contribution in [3.63, 3.8) is 0 Å². The van der Waals surface area contributed by atoms with E-state index in [2.05, 4.69) is 10.3 Å². The molecule has 0 bridgehead atoms. The number of ether oxygens (including phenoxy) is 2. The Hall–Kier alpha value is -1.62. The molecule has 0 amide bonds. The second-order valence-electron chi connectivity index (χ2n) is 4.17. The number of pyridine rings is 1. The minimum absolute atomic E-state index is 0.248. The molecule has 1 aliphatic rings. The molecule has 1 aromatic rings. The van der Waals surface area contributed by atoms with Crippen molar-refractivity contribution in [2.45, 2.75) is 25.8 Å². The SMILES string of the molecule is CCOC(=O)c1ncccc1OC[C@H]1CCCN1. The Morgan fingerprint density at radius 3 is 3.22 bits per heavy atom. The molecule has 2 rings (SSSR count). The van der Waals surface area contributed by atoms with Crippen molar-refractivity contribution in [2.24, 2.45) is 0 Å². The molecule has 1 fully saturated rings. The molecule has 0 saturated carbocycles. The molecule has 0 aliphatic carbocycles. The number of aromatic nitrogens is 1. The molecule has 1 aliphatic heterocycles. The van der Waals surface area contributed by atoms with Crippen LogP contribution in [0.1, 0.15) is 30.3 Å². The molecular weight excluding hydrogens is 232 g/mol. The van der Waals surface area contributed by atoms with E-state index in [-0.39, 0.29) is 5.69 Å². The molecule has 1 atom stereocenters. The quantitative estimate of drug-likeness (QED) is 0.800. The van der Waals surface area contributed by atoms with E-state index in [1.54, 1.807) is 25.3 Å². The normalized spacial score (nSPS) is 18.6. The first kappa shape index (κ1) is 12.8. The number of carbonyl (C=O) groups is 1. The van der Waals surface area contributed by atoms with Crippen LogP contribution in [0.3, 0.4) is 0 Å². The van der Waals surface area contributed by atoms with Crippen LogP contribution in [-0.4, -0.2) is 36.8 Å². The lowest BCUT2D eigenvalue weighted by Gasteiger charge is -2.13. The van der Waals surface area contributed by atoms with Crippen LogP contribution in [0.2, 0.25) is 0 Å². The molecule has 2 heterocycles. The fourth-order valence-electron chi connectivity index (χ4n) is 1.95. The van der Waals surface area contributed by atoms with Crippen LogP contribution in [0.15, 0.2) is 18.3 Å². The number of rotatable bonds is 5. The van der Waals surface area contributed by atoms with Gasteiger partial charge in [0.25, 0.3) is 0 Å². The summed E-state index contributed by atoms with van der Waals surface area (Å²) in [6.45, 7) is 3.69. The Kier molecular flexibility index (Phi) is 4.52. The van der Waals surface area contributed by atoms with Gasteiger partial charge in [-0.1, -0.05) is 0 Å². The molecule has 0 aromatic carbocycles. The third-order valence-corrected chi connectivity index (χ3v) is 2.84. The number of nitrogens with zero attached hydrogens (tertiary/aromatic N) is 1. The second-order valence-corrected chi connectivity index (χ2v) is 4.17. The average molecular weight is 250 g/mol. The van der Waals surface area contributed by atoms with Gasteiger partial charge in [0, 0.05) is 12.2 Å². The standard InChI is InChI=1S/C13H18N2O3/c1-2-17-13(16)12-11(6-4-8-15-12)18-9-10-5-3-7-14-10/h4,6,8,10,14H,2-3,5,7,9H2,1H3/t10-/m1/s1. The van der Waals surface area contributed by atoms with Crippen LogP contribution < -0.4 is 10.1 Å². The Labute approximate surface area is 107 Å². The molecule has 1 aromatic heterocycles. The van der Waals surface area contributed by atoms with E-state index >= 15 is 0 Å². The van der Waals surface area contributed by atoms with Gasteiger partial charge in [-0.3, -0.25) is 0 Å². The minimum Gasteiger partial charge on any atom is -0.489 e. The molecule has 0 radical (unpaired) electrons. The van der Waals surface area contributed by atoms with Crippen LogP contribution in [0.4, 0.5) is 0 Å². The van der Waals surface area contributed by atoms with Crippen molar-refractivity contribution < 1.29 is 14.3 Å². The third kappa shape index (κ3) is 3.20. The van der Waals surface area contributed by atoms with Crippen molar-refractivity contribution in [2.75, 3.05) is 19.8 Å². The largest absolute Gasteiger partial charge is 0.489 e. The van der Waals surface area contributed by atoms with E-state index in [1.165, 1.54) is 6.42 Å². The summed E-state index contributed by atoms with van der Waals surface area (Å²) in [5.41, 5.74) is 0.248. The van der Waals surface area contributed by atoms with E-state index in [0.29, 0.717) is 25.0 Å². The van der Waals surface area contributed by atoms with Crippen molar-refractivity contribution in [3.05, 3.63) is 24.0 Å². The minimum atomic E-state index is -0.438. The van der Waals surface area contributed by atoms with Crippen LogP contribution in [0, 0.1) is 0 Å². The molecule has 18 heavy (non-hydrogen) atoms. The maximum Gasteiger partial charge on any atom is 0.360 e. The monoisotopic (exact) mass is 250 g/mol. The van der Waals surface area contributed by atoms with Crippen LogP contribution in [-0.2, 0) is 4.74 Å². The van der Waals surface area contributed by atoms with Crippen molar-refractivity contribution in [3.8, 4) is 5.75 Å². The van der Waals surface area contributed by atoms with Gasteiger partial charge in [0.15, 0.2) is 11.4 Å². The summed E-state index contributed by atoms with van der Waals surface area (Å²) in [5, 5.41) is 3.34. The van der Waals surface area contributed by atoms with Crippen LogP contribution in [0.25, 0.3) is 0 Å². The lowest BCUT2D eigenvalue weighted by atomic mass is 10.2. The zero-order valence-corrected chi connectivity index (χ0v) is 10.5. The van der Waals surface area contributed by atoms with Gasteiger partial charge in [0.2, 0.25) is 0 Å². The molecule has 0 unspecified atom stereocenters. The van der Waals surface area contributed by atoms with E-state index in [9.17, 15) is 4.79 Å². The number of hydrogen-bond acceptors (Lipinski definition) is 5. The lowest BCUT2D eigenvalue weighted by molar-refractivity contribution is 0.0514. The summed E-state index contributed by atoms with van der Waals surface area (Å²) in [6.07, 6.45) is 3.84. The summed E-state index contributed by atoms with van der Waals surface area (Å²) in [7, 11) is 0. The van der Waals surface area contributed by atoms with E-state index in [4.69, 9.17) is 9.47 Å². The fraction of sp³-hybridized carbons (Fsp3) is 0.538. The van der Waals surface area contributed by atoms with Gasteiger partial charge in [-0.05, 0) is 38.4 Å². The zero-order valence-electron chi connectivity index (χ0n) is 10.5. The Balaban J connectivity index is 2.00. The lowest BCUT2D eigenvalue weighted by Crippen LogP contribution is -2.28. The summed E-state index contributed by atoms with van der Waals surface area (Å²) < 4.78 is 10.6. The van der Waals surface area contributed by atoms with Crippen molar-refractivity contribution in [1.29, 1.82) is 0 Å². The number of esters is 1. The van der Waals surface area contributed by atoms with Gasteiger partial charge in [0.1, 0.15) is 6.61 Å². The maximum absolute atomic E-state index is 11.7. The summed E-state index contributed by atoms with van der Waals surface area (Å²) in [5.74, 6) is 0.0529. The Bertz CT molecular complexity index is 403. The number of carbonyl (C=O) groups excluding carboxylic acids is 1. The first-order chi connectivity index (χ1) is 8.81. The molecule has 5 nitrogen and oxygen atoms in total. The van der Waals surface area contributed by atoms with E-state index < -0.39 is 5.97 Å². The van der Waals surface area contributed by atoms with Gasteiger partial charge in [-0.25, -0.2) is 9.78 Å². The molecule has 1 saturated heterocycles. The van der Waals surface area contributed by atoms with E-state index in [0.717, 1.165) is 13.0 Å². The highest BCUT2D eigenvalue weighted by atomic mass is 16.5. The van der Waals surface area contributed by atoms with Crippen molar-refractivity contribution >= 4 is 5.97 Å². The molecule has 0 spiro atoms. The summed E-state index contributed by atoms with van der Waals surface area (Å²) >= 11 is 0. The first-order valence-corrected chi connectivity index (χ1v) is 6.29. The summed E-state index contributed by atoms with van der Waals surface area (Å²) in [6, 6.07) is 3.86.